The molecule has 0 saturated carbocycles. The number of likely N-dealkylation sites (tertiary alicyclic amines) is 1. The van der Waals surface area contributed by atoms with Gasteiger partial charge < -0.3 is 19.5 Å². The van der Waals surface area contributed by atoms with E-state index in [2.05, 4.69) is 10.3 Å². The zero-order chi connectivity index (χ0) is 26.3. The van der Waals surface area contributed by atoms with Gasteiger partial charge in [0, 0.05) is 38.1 Å². The molecule has 194 valence electrons. The molecule has 0 aliphatic carbocycles. The first-order valence-electron chi connectivity index (χ1n) is 12.4. The molecular formula is C27H35N3O6. The van der Waals surface area contributed by atoms with Crippen LogP contribution in [0.1, 0.15) is 70.4 Å². The molecule has 0 spiro atoms. The van der Waals surface area contributed by atoms with E-state index in [9.17, 15) is 19.5 Å². The van der Waals surface area contributed by atoms with Crippen LogP contribution in [0.5, 0.6) is 0 Å². The summed E-state index contributed by atoms with van der Waals surface area (Å²) in [6.07, 6.45) is 2.68. The predicted octanol–water partition coefficient (Wildman–Crippen LogP) is 3.38. The summed E-state index contributed by atoms with van der Waals surface area (Å²) < 4.78 is 11.5. The minimum Gasteiger partial charge on any atom is -0.444 e. The molecule has 1 aromatic carbocycles. The molecule has 3 unspecified atom stereocenters. The standard InChI is InChI=1S/C27H35N3O6/c1-6-26(35-5)16-30(24(33)36-25(2,3)4)12-11-27(26,34)19-7-9-21-17(14-19)13-18(15-28-21)20-8-10-22(31)29-23(20)32/h7,9,13-15,20,34H,6,8,10-12,16H2,1-5H3,(H,29,31,32). The van der Waals surface area contributed by atoms with Gasteiger partial charge in [0.15, 0.2) is 0 Å². The molecule has 0 bridgehead atoms. The van der Waals surface area contributed by atoms with Gasteiger partial charge in [0.25, 0.3) is 0 Å². The summed E-state index contributed by atoms with van der Waals surface area (Å²) >= 11 is 0. The van der Waals surface area contributed by atoms with E-state index in [1.165, 1.54) is 0 Å². The number of pyridine rings is 1. The summed E-state index contributed by atoms with van der Waals surface area (Å²) in [5.41, 5.74) is -0.935. The Morgan fingerprint density at radius 1 is 1.28 bits per heavy atom. The maximum absolute atomic E-state index is 12.8. The molecule has 2 aliphatic rings. The third kappa shape index (κ3) is 4.69. The van der Waals surface area contributed by atoms with Crippen LogP contribution in [0.4, 0.5) is 4.79 Å². The van der Waals surface area contributed by atoms with E-state index >= 15 is 0 Å². The number of hydrogen-bond acceptors (Lipinski definition) is 7. The average Bonchev–Trinajstić information content (AvgIpc) is 2.82. The van der Waals surface area contributed by atoms with Gasteiger partial charge in [0.1, 0.15) is 16.8 Å². The van der Waals surface area contributed by atoms with E-state index in [1.54, 1.807) is 18.2 Å². The summed E-state index contributed by atoms with van der Waals surface area (Å²) in [6, 6.07) is 7.45. The van der Waals surface area contributed by atoms with Gasteiger partial charge in [-0.2, -0.15) is 0 Å². The van der Waals surface area contributed by atoms with Gasteiger partial charge in [-0.25, -0.2) is 4.79 Å². The zero-order valence-corrected chi connectivity index (χ0v) is 21.6. The number of fused-ring (bicyclic) bond motifs is 1. The van der Waals surface area contributed by atoms with E-state index in [-0.39, 0.29) is 31.2 Å². The van der Waals surface area contributed by atoms with Gasteiger partial charge in [-0.3, -0.25) is 19.9 Å². The number of aliphatic hydroxyl groups is 1. The van der Waals surface area contributed by atoms with Crippen LogP contribution in [0.2, 0.25) is 0 Å². The molecule has 2 saturated heterocycles. The number of rotatable bonds is 4. The van der Waals surface area contributed by atoms with Crippen LogP contribution in [0.15, 0.2) is 30.5 Å². The monoisotopic (exact) mass is 497 g/mol. The lowest BCUT2D eigenvalue weighted by molar-refractivity contribution is -0.209. The Balaban J connectivity index is 1.68. The molecule has 2 aromatic rings. The first-order valence-corrected chi connectivity index (χ1v) is 12.4. The fraction of sp³-hybridized carbons (Fsp3) is 0.556. The van der Waals surface area contributed by atoms with E-state index < -0.39 is 28.8 Å². The van der Waals surface area contributed by atoms with Gasteiger partial charge in [0.2, 0.25) is 11.8 Å². The highest BCUT2D eigenvalue weighted by molar-refractivity contribution is 6.01. The Morgan fingerprint density at radius 3 is 2.67 bits per heavy atom. The van der Waals surface area contributed by atoms with Gasteiger partial charge in [-0.05, 0) is 62.9 Å². The molecule has 2 fully saturated rings. The maximum atomic E-state index is 12.8. The number of carbonyl (C=O) groups excluding carboxylic acids is 3. The van der Waals surface area contributed by atoms with Crippen LogP contribution in [-0.4, -0.2) is 64.3 Å². The Kier molecular flexibility index (Phi) is 6.83. The number of imide groups is 1. The number of hydrogen-bond donors (Lipinski definition) is 2. The number of piperidine rings is 2. The third-order valence-electron chi connectivity index (χ3n) is 7.38. The zero-order valence-electron chi connectivity index (χ0n) is 21.6. The highest BCUT2D eigenvalue weighted by Crippen LogP contribution is 2.45. The molecule has 4 rings (SSSR count). The largest absolute Gasteiger partial charge is 0.444 e. The van der Waals surface area contributed by atoms with Crippen molar-refractivity contribution in [3.8, 4) is 0 Å². The van der Waals surface area contributed by atoms with Crippen LogP contribution in [0.3, 0.4) is 0 Å². The minimum atomic E-state index is -1.37. The number of ether oxygens (including phenoxy) is 2. The van der Waals surface area contributed by atoms with Crippen molar-refractivity contribution in [2.45, 2.75) is 76.1 Å². The lowest BCUT2D eigenvalue weighted by Crippen LogP contribution is -2.64. The number of nitrogens with zero attached hydrogens (tertiary/aromatic N) is 2. The number of carbonyl (C=O) groups is 3. The summed E-state index contributed by atoms with van der Waals surface area (Å²) in [5, 5.41) is 15.3. The molecule has 3 heterocycles. The van der Waals surface area contributed by atoms with Crippen molar-refractivity contribution < 1.29 is 29.0 Å². The van der Waals surface area contributed by atoms with E-state index in [4.69, 9.17) is 9.47 Å². The van der Waals surface area contributed by atoms with Crippen LogP contribution in [0, 0.1) is 0 Å². The van der Waals surface area contributed by atoms with Crippen LogP contribution < -0.4 is 5.32 Å². The van der Waals surface area contributed by atoms with Crippen LogP contribution >= 0.6 is 0 Å². The maximum Gasteiger partial charge on any atom is 0.410 e. The van der Waals surface area contributed by atoms with Gasteiger partial charge in [-0.1, -0.05) is 13.0 Å². The lowest BCUT2D eigenvalue weighted by Gasteiger charge is -2.52. The summed E-state index contributed by atoms with van der Waals surface area (Å²) in [5.74, 6) is -1.03. The van der Waals surface area contributed by atoms with Crippen molar-refractivity contribution in [1.29, 1.82) is 0 Å². The highest BCUT2D eigenvalue weighted by atomic mass is 16.6. The van der Waals surface area contributed by atoms with E-state index in [1.807, 2.05) is 52.0 Å². The van der Waals surface area contributed by atoms with Crippen molar-refractivity contribution in [2.75, 3.05) is 20.2 Å². The van der Waals surface area contributed by atoms with E-state index in [0.717, 1.165) is 16.5 Å². The minimum absolute atomic E-state index is 0.179. The normalized spacial score (nSPS) is 27.2. The first-order chi connectivity index (χ1) is 16.9. The number of nitrogens with one attached hydrogen (secondary N) is 1. The summed E-state index contributed by atoms with van der Waals surface area (Å²) in [6.45, 7) is 7.88. The third-order valence-corrected chi connectivity index (χ3v) is 7.38. The molecule has 0 radical (unpaired) electrons. The molecular weight excluding hydrogens is 462 g/mol. The summed E-state index contributed by atoms with van der Waals surface area (Å²) in [4.78, 5) is 42.8. The van der Waals surface area contributed by atoms with Crippen LogP contribution in [-0.2, 0) is 24.7 Å². The van der Waals surface area contributed by atoms with Crippen molar-refractivity contribution >= 4 is 28.8 Å². The van der Waals surface area contributed by atoms with Crippen molar-refractivity contribution in [3.05, 3.63) is 41.6 Å². The molecule has 3 atom stereocenters. The lowest BCUT2D eigenvalue weighted by atomic mass is 9.70. The van der Waals surface area contributed by atoms with Crippen molar-refractivity contribution in [2.24, 2.45) is 0 Å². The molecule has 36 heavy (non-hydrogen) atoms. The van der Waals surface area contributed by atoms with Crippen molar-refractivity contribution in [1.82, 2.24) is 15.2 Å². The Hall–Kier alpha value is -3.04. The predicted molar refractivity (Wildman–Crippen MR) is 133 cm³/mol. The fourth-order valence-corrected chi connectivity index (χ4v) is 5.32. The van der Waals surface area contributed by atoms with E-state index in [0.29, 0.717) is 24.9 Å². The second-order valence-electron chi connectivity index (χ2n) is 10.7. The number of amides is 3. The molecule has 1 aromatic heterocycles. The molecule has 2 aliphatic heterocycles. The Morgan fingerprint density at radius 2 is 2.03 bits per heavy atom. The average molecular weight is 498 g/mol. The van der Waals surface area contributed by atoms with Crippen molar-refractivity contribution in [3.63, 3.8) is 0 Å². The second-order valence-corrected chi connectivity index (χ2v) is 10.7. The van der Waals surface area contributed by atoms with Gasteiger partial charge in [-0.15, -0.1) is 0 Å². The smallest absolute Gasteiger partial charge is 0.410 e. The number of methoxy groups -OCH3 is 1. The highest BCUT2D eigenvalue weighted by Gasteiger charge is 2.55. The molecule has 2 N–H and O–H groups in total. The second kappa shape index (κ2) is 9.44. The molecule has 3 amide bonds. The molecule has 9 heteroatoms. The van der Waals surface area contributed by atoms with Gasteiger partial charge in [0.05, 0.1) is 18.0 Å². The quantitative estimate of drug-likeness (QED) is 0.622. The number of benzene rings is 1. The SMILES string of the molecule is CCC1(OC)CN(C(=O)OC(C)(C)C)CCC1(O)c1ccc2ncc(C3CCC(=O)NC3=O)cc2c1. The first kappa shape index (κ1) is 26.0. The topological polar surface area (TPSA) is 118 Å². The Bertz CT molecular complexity index is 1190. The van der Waals surface area contributed by atoms with Gasteiger partial charge >= 0.3 is 6.09 Å². The number of aromatic nitrogens is 1. The molecule has 9 nitrogen and oxygen atoms in total. The summed E-state index contributed by atoms with van der Waals surface area (Å²) in [7, 11) is 1.55. The Labute approximate surface area is 211 Å². The van der Waals surface area contributed by atoms with Crippen LogP contribution in [0.25, 0.3) is 10.9 Å². The fourth-order valence-electron chi connectivity index (χ4n) is 5.32.